The number of aliphatic hydroxyl groups is 6. The number of primary amides is 1. The molecule has 0 aliphatic rings. The van der Waals surface area contributed by atoms with Crippen LogP contribution in [0.1, 0.15) is 27.1 Å². The Hall–Kier alpha value is -0.420. The molecule has 1 aromatic carbocycles. The Morgan fingerprint density at radius 2 is 1.45 bits per heavy atom. The van der Waals surface area contributed by atoms with Gasteiger partial charge < -0.3 is 46.6 Å². The third-order valence-corrected chi connectivity index (χ3v) is 7.57. The molecule has 0 fully saturated rings. The lowest BCUT2D eigenvalue weighted by Gasteiger charge is -2.26. The van der Waals surface area contributed by atoms with Gasteiger partial charge in [0.25, 0.3) is 17.7 Å². The fraction of sp³-hybridized carbons (Fsp3) is 0.500. The van der Waals surface area contributed by atoms with Crippen LogP contribution in [0.4, 0.5) is 5.69 Å². The standard InChI is InChI=1S/C18H24I3N3O9/c19-12-10(16(22)31)13(20)15(23-17(32)9(30)3-7(28)5-26)14(21)11(12)18(33)24(1-2-25)4-8(29)6-27/h7-9,25-30H,1-6H2,(H2,22,31)(H,23,32). The number of nitrogens with one attached hydrogen (secondary N) is 1. The number of halogens is 3. The summed E-state index contributed by atoms with van der Waals surface area (Å²) in [6, 6.07) is 0. The van der Waals surface area contributed by atoms with E-state index in [1.165, 1.54) is 0 Å². The Morgan fingerprint density at radius 3 is 1.94 bits per heavy atom. The molecule has 0 aromatic heterocycles. The number of carbonyl (C=O) groups is 3. The van der Waals surface area contributed by atoms with E-state index in [2.05, 4.69) is 5.32 Å². The minimum atomic E-state index is -1.69. The molecular formula is C18H24I3N3O9. The molecular weight excluding hydrogens is 783 g/mol. The number of aliphatic hydroxyl groups excluding tert-OH is 6. The fourth-order valence-corrected chi connectivity index (χ4v) is 7.12. The number of anilines is 1. The lowest BCUT2D eigenvalue weighted by atomic mass is 10.1. The van der Waals surface area contributed by atoms with Crippen LogP contribution >= 0.6 is 67.8 Å². The van der Waals surface area contributed by atoms with Crippen molar-refractivity contribution in [2.75, 3.05) is 38.2 Å². The molecule has 3 atom stereocenters. The molecule has 0 aliphatic heterocycles. The van der Waals surface area contributed by atoms with Gasteiger partial charge in [0.1, 0.15) is 6.10 Å². The van der Waals surface area contributed by atoms with Gasteiger partial charge >= 0.3 is 0 Å². The van der Waals surface area contributed by atoms with Crippen molar-refractivity contribution in [3.8, 4) is 0 Å². The Balaban J connectivity index is 3.56. The van der Waals surface area contributed by atoms with Gasteiger partial charge in [0.15, 0.2) is 0 Å². The summed E-state index contributed by atoms with van der Waals surface area (Å²) < 4.78 is 0.577. The summed E-state index contributed by atoms with van der Waals surface area (Å²) in [6.45, 7) is -2.21. The van der Waals surface area contributed by atoms with Gasteiger partial charge in [-0.15, -0.1) is 0 Å². The highest BCUT2D eigenvalue weighted by Gasteiger charge is 2.31. The Morgan fingerprint density at radius 1 is 0.909 bits per heavy atom. The van der Waals surface area contributed by atoms with E-state index in [9.17, 15) is 34.8 Å². The maximum Gasteiger partial charge on any atom is 0.256 e. The van der Waals surface area contributed by atoms with Gasteiger partial charge in [-0.1, -0.05) is 0 Å². The maximum absolute atomic E-state index is 13.3. The summed E-state index contributed by atoms with van der Waals surface area (Å²) in [5.41, 5.74) is 5.42. The number of hydrogen-bond acceptors (Lipinski definition) is 9. The van der Waals surface area contributed by atoms with Gasteiger partial charge in [-0.2, -0.15) is 0 Å². The van der Waals surface area contributed by atoms with Gasteiger partial charge in [0.2, 0.25) is 0 Å². The molecule has 0 bridgehead atoms. The van der Waals surface area contributed by atoms with Crippen molar-refractivity contribution in [3.05, 3.63) is 21.8 Å². The van der Waals surface area contributed by atoms with E-state index >= 15 is 0 Å². The summed E-state index contributed by atoms with van der Waals surface area (Å²) in [5.74, 6) is -2.53. The average molecular weight is 807 g/mol. The fourth-order valence-electron chi connectivity index (χ4n) is 2.69. The summed E-state index contributed by atoms with van der Waals surface area (Å²) >= 11 is 5.29. The first-order valence-electron chi connectivity index (χ1n) is 9.38. The first-order chi connectivity index (χ1) is 15.4. The number of nitrogens with two attached hydrogens (primary N) is 1. The Kier molecular flexibility index (Phi) is 13.2. The molecule has 0 aliphatic carbocycles. The molecule has 12 nitrogen and oxygen atoms in total. The molecule has 0 heterocycles. The lowest BCUT2D eigenvalue weighted by molar-refractivity contribution is -0.125. The van der Waals surface area contributed by atoms with Gasteiger partial charge in [-0.25, -0.2) is 0 Å². The minimum Gasteiger partial charge on any atom is -0.395 e. The number of carbonyl (C=O) groups excluding carboxylic acids is 3. The molecule has 9 N–H and O–H groups in total. The number of benzene rings is 1. The summed E-state index contributed by atoms with van der Waals surface area (Å²) in [4.78, 5) is 39.0. The zero-order chi connectivity index (χ0) is 25.5. The molecule has 0 saturated carbocycles. The molecule has 0 saturated heterocycles. The van der Waals surface area contributed by atoms with E-state index in [1.807, 2.05) is 0 Å². The third-order valence-electron chi connectivity index (χ3n) is 4.33. The van der Waals surface area contributed by atoms with Crippen molar-refractivity contribution in [3.63, 3.8) is 0 Å². The highest BCUT2D eigenvalue weighted by atomic mass is 127. The van der Waals surface area contributed by atoms with E-state index in [-0.39, 0.29) is 40.6 Å². The second-order valence-electron chi connectivity index (χ2n) is 6.82. The zero-order valence-electron chi connectivity index (χ0n) is 17.0. The van der Waals surface area contributed by atoms with Gasteiger partial charge in [-0.05, 0) is 67.8 Å². The minimum absolute atomic E-state index is 0.0166. The molecule has 0 radical (unpaired) electrons. The molecule has 15 heteroatoms. The number of rotatable bonds is 12. The highest BCUT2D eigenvalue weighted by molar-refractivity contribution is 14.1. The topological polar surface area (TPSA) is 214 Å². The maximum atomic E-state index is 13.3. The van der Waals surface area contributed by atoms with Crippen LogP contribution < -0.4 is 11.1 Å². The smallest absolute Gasteiger partial charge is 0.256 e. The van der Waals surface area contributed by atoms with Gasteiger partial charge in [0.05, 0.1) is 56.0 Å². The largest absolute Gasteiger partial charge is 0.395 e. The van der Waals surface area contributed by atoms with Crippen molar-refractivity contribution < 1.29 is 45.0 Å². The zero-order valence-corrected chi connectivity index (χ0v) is 23.5. The van der Waals surface area contributed by atoms with E-state index < -0.39 is 62.3 Å². The molecule has 33 heavy (non-hydrogen) atoms. The van der Waals surface area contributed by atoms with Crippen molar-refractivity contribution in [2.24, 2.45) is 5.73 Å². The van der Waals surface area contributed by atoms with Crippen LogP contribution in [0.15, 0.2) is 0 Å². The molecule has 0 spiro atoms. The van der Waals surface area contributed by atoms with Crippen LogP contribution in [0, 0.1) is 10.7 Å². The predicted octanol–water partition coefficient (Wildman–Crippen LogP) is -1.57. The van der Waals surface area contributed by atoms with E-state index in [1.54, 1.807) is 67.8 Å². The van der Waals surface area contributed by atoms with Crippen LogP contribution in [0.5, 0.6) is 0 Å². The van der Waals surface area contributed by atoms with Crippen molar-refractivity contribution in [1.82, 2.24) is 4.90 Å². The predicted molar refractivity (Wildman–Crippen MR) is 142 cm³/mol. The lowest BCUT2D eigenvalue weighted by Crippen LogP contribution is -2.41. The van der Waals surface area contributed by atoms with Crippen molar-refractivity contribution in [2.45, 2.75) is 24.7 Å². The normalized spacial score (nSPS) is 13.8. The van der Waals surface area contributed by atoms with Crippen LogP contribution in [-0.4, -0.2) is 104 Å². The SMILES string of the molecule is NC(=O)c1c(I)c(NC(=O)C(O)CC(O)CO)c(I)c(C(=O)N(CCO)CC(O)CO)c1I. The summed E-state index contributed by atoms with van der Waals surface area (Å²) in [5, 5.41) is 59.0. The summed E-state index contributed by atoms with van der Waals surface area (Å²) in [7, 11) is 0. The highest BCUT2D eigenvalue weighted by Crippen LogP contribution is 2.36. The molecule has 186 valence electrons. The molecule has 1 rings (SSSR count). The number of nitrogens with zero attached hydrogens (tertiary/aromatic N) is 1. The van der Waals surface area contributed by atoms with Crippen LogP contribution in [0.25, 0.3) is 0 Å². The first-order valence-corrected chi connectivity index (χ1v) is 12.6. The average Bonchev–Trinajstić information content (AvgIpc) is 2.75. The van der Waals surface area contributed by atoms with Gasteiger partial charge in [-0.3, -0.25) is 14.4 Å². The number of hydrogen-bond donors (Lipinski definition) is 8. The summed E-state index contributed by atoms with van der Waals surface area (Å²) in [6.07, 6.45) is -4.75. The van der Waals surface area contributed by atoms with Gasteiger partial charge in [0, 0.05) is 23.1 Å². The monoisotopic (exact) mass is 807 g/mol. The molecule has 1 aromatic rings. The third kappa shape index (κ3) is 8.05. The van der Waals surface area contributed by atoms with Crippen molar-refractivity contribution in [1.29, 1.82) is 0 Å². The van der Waals surface area contributed by atoms with E-state index in [0.29, 0.717) is 0 Å². The molecule has 3 unspecified atom stereocenters. The van der Waals surface area contributed by atoms with E-state index in [4.69, 9.17) is 15.9 Å². The second-order valence-corrected chi connectivity index (χ2v) is 10.1. The van der Waals surface area contributed by atoms with Crippen LogP contribution in [0.2, 0.25) is 0 Å². The first kappa shape index (κ1) is 30.6. The van der Waals surface area contributed by atoms with Crippen LogP contribution in [-0.2, 0) is 4.79 Å². The second kappa shape index (κ2) is 14.2. The Bertz CT molecular complexity index is 888. The van der Waals surface area contributed by atoms with Crippen LogP contribution in [0.3, 0.4) is 0 Å². The quantitative estimate of drug-likeness (QED) is 0.115. The van der Waals surface area contributed by atoms with E-state index in [0.717, 1.165) is 4.90 Å². The van der Waals surface area contributed by atoms with Crippen molar-refractivity contribution >= 4 is 91.2 Å². The Labute approximate surface area is 229 Å². The molecule has 3 amide bonds. The number of amides is 3.